The molecule has 0 aliphatic carbocycles. The highest BCUT2D eigenvalue weighted by Crippen LogP contribution is 2.26. The maximum atomic E-state index is 13.6. The summed E-state index contributed by atoms with van der Waals surface area (Å²) in [7, 11) is 0. The molecule has 0 fully saturated rings. The van der Waals surface area contributed by atoms with E-state index in [1.165, 1.54) is 6.07 Å². The minimum absolute atomic E-state index is 0.0425. The molecule has 0 aliphatic heterocycles. The first-order valence-electron chi connectivity index (χ1n) is 5.21. The monoisotopic (exact) mass is 253 g/mol. The molecule has 1 heterocycles. The zero-order valence-electron chi connectivity index (χ0n) is 9.41. The molecule has 1 aromatic heterocycles. The molecule has 0 atom stereocenters. The van der Waals surface area contributed by atoms with E-state index in [0.29, 0.717) is 12.0 Å². The molecule has 0 aliphatic rings. The largest absolute Gasteiger partial charge is 0.475 e. The zero-order valence-corrected chi connectivity index (χ0v) is 9.41. The average Bonchev–Trinajstić information content (AvgIpc) is 2.82. The first-order valence-corrected chi connectivity index (χ1v) is 5.21. The summed E-state index contributed by atoms with van der Waals surface area (Å²) in [5.41, 5.74) is 0.436. The van der Waals surface area contributed by atoms with Crippen molar-refractivity contribution >= 4 is 5.97 Å². The van der Waals surface area contributed by atoms with Gasteiger partial charge in [0.2, 0.25) is 5.76 Å². The van der Waals surface area contributed by atoms with E-state index < -0.39 is 23.4 Å². The van der Waals surface area contributed by atoms with E-state index in [4.69, 9.17) is 5.11 Å². The first kappa shape index (κ1) is 12.2. The normalized spacial score (nSPS) is 10.6. The summed E-state index contributed by atoms with van der Waals surface area (Å²) in [6.45, 7) is 1.79. The van der Waals surface area contributed by atoms with Crippen molar-refractivity contribution in [1.82, 2.24) is 5.16 Å². The highest BCUT2D eigenvalue weighted by Gasteiger charge is 2.18. The molecule has 1 aromatic carbocycles. The number of carbonyl (C=O) groups is 1. The van der Waals surface area contributed by atoms with Gasteiger partial charge in [-0.1, -0.05) is 12.1 Å². The summed E-state index contributed by atoms with van der Waals surface area (Å²) in [6, 6.07) is 3.57. The Bertz CT molecular complexity index is 607. The molecular weight excluding hydrogens is 244 g/mol. The Morgan fingerprint density at radius 3 is 2.67 bits per heavy atom. The molecule has 94 valence electrons. The highest BCUT2D eigenvalue weighted by molar-refractivity contribution is 5.85. The Morgan fingerprint density at radius 2 is 2.11 bits per heavy atom. The predicted octanol–water partition coefficient (Wildman–Crippen LogP) is 2.88. The van der Waals surface area contributed by atoms with Crippen LogP contribution in [0.1, 0.15) is 23.0 Å². The highest BCUT2D eigenvalue weighted by atomic mass is 19.2. The molecule has 18 heavy (non-hydrogen) atoms. The van der Waals surface area contributed by atoms with Crippen molar-refractivity contribution in [3.05, 3.63) is 41.2 Å². The number of rotatable bonds is 3. The fraction of sp³-hybridized carbons (Fsp3) is 0.167. The summed E-state index contributed by atoms with van der Waals surface area (Å²) in [4.78, 5) is 10.6. The third kappa shape index (κ3) is 2.09. The maximum Gasteiger partial charge on any atom is 0.374 e. The van der Waals surface area contributed by atoms with E-state index in [-0.39, 0.29) is 11.3 Å². The lowest BCUT2D eigenvalue weighted by atomic mass is 10.1. The van der Waals surface area contributed by atoms with Crippen molar-refractivity contribution in [2.45, 2.75) is 13.3 Å². The minimum atomic E-state index is -1.32. The van der Waals surface area contributed by atoms with Crippen molar-refractivity contribution < 1.29 is 23.2 Å². The molecule has 0 amide bonds. The second-order valence-electron chi connectivity index (χ2n) is 3.67. The molecule has 0 unspecified atom stereocenters. The molecule has 4 nitrogen and oxygen atoms in total. The van der Waals surface area contributed by atoms with Gasteiger partial charge in [0.05, 0.1) is 0 Å². The SMILES string of the molecule is CCc1cc(F)c(F)c(-c2cc(C(=O)O)on2)c1. The van der Waals surface area contributed by atoms with Gasteiger partial charge in [-0.25, -0.2) is 13.6 Å². The van der Waals surface area contributed by atoms with Crippen LogP contribution in [0, 0.1) is 11.6 Å². The second kappa shape index (κ2) is 4.56. The molecule has 0 saturated heterocycles. The summed E-state index contributed by atoms with van der Waals surface area (Å²) < 4.78 is 31.4. The van der Waals surface area contributed by atoms with E-state index in [2.05, 4.69) is 9.68 Å². The summed E-state index contributed by atoms with van der Waals surface area (Å²) >= 11 is 0. The number of halogens is 2. The van der Waals surface area contributed by atoms with Crippen molar-refractivity contribution in [2.24, 2.45) is 0 Å². The van der Waals surface area contributed by atoms with Crippen LogP contribution in [0.3, 0.4) is 0 Å². The van der Waals surface area contributed by atoms with Crippen molar-refractivity contribution in [3.8, 4) is 11.3 Å². The van der Waals surface area contributed by atoms with Crippen molar-refractivity contribution in [2.75, 3.05) is 0 Å². The standard InChI is InChI=1S/C12H9F2NO3/c1-2-6-3-7(11(14)8(13)4-6)9-5-10(12(16)17)18-15-9/h3-5H,2H2,1H3,(H,16,17). The third-order valence-electron chi connectivity index (χ3n) is 2.49. The molecule has 0 saturated carbocycles. The maximum absolute atomic E-state index is 13.6. The Labute approximate surface area is 101 Å². The van der Waals surface area contributed by atoms with Crippen molar-refractivity contribution in [3.63, 3.8) is 0 Å². The summed E-state index contributed by atoms with van der Waals surface area (Å²) in [5.74, 6) is -3.81. The van der Waals surface area contributed by atoms with Gasteiger partial charge in [0.25, 0.3) is 0 Å². The van der Waals surface area contributed by atoms with Gasteiger partial charge in [0.15, 0.2) is 11.6 Å². The Morgan fingerprint density at radius 1 is 1.39 bits per heavy atom. The zero-order chi connectivity index (χ0) is 13.3. The summed E-state index contributed by atoms with van der Waals surface area (Å²) in [5, 5.41) is 12.1. The summed E-state index contributed by atoms with van der Waals surface area (Å²) in [6.07, 6.45) is 0.522. The van der Waals surface area contributed by atoms with Crippen LogP contribution in [0.4, 0.5) is 8.78 Å². The molecule has 2 aromatic rings. The van der Waals surface area contributed by atoms with Gasteiger partial charge < -0.3 is 9.63 Å². The molecule has 1 N–H and O–H groups in total. The van der Waals surface area contributed by atoms with E-state index in [9.17, 15) is 13.6 Å². The van der Waals surface area contributed by atoms with Gasteiger partial charge in [0, 0.05) is 11.6 Å². The van der Waals surface area contributed by atoms with Crippen LogP contribution in [0.2, 0.25) is 0 Å². The van der Waals surface area contributed by atoms with Crippen LogP contribution in [-0.2, 0) is 6.42 Å². The quantitative estimate of drug-likeness (QED) is 0.913. The minimum Gasteiger partial charge on any atom is -0.475 e. The smallest absolute Gasteiger partial charge is 0.374 e. The Balaban J connectivity index is 2.55. The van der Waals surface area contributed by atoms with E-state index >= 15 is 0 Å². The van der Waals surface area contributed by atoms with Crippen LogP contribution in [0.25, 0.3) is 11.3 Å². The predicted molar refractivity (Wildman–Crippen MR) is 58.2 cm³/mol. The second-order valence-corrected chi connectivity index (χ2v) is 3.67. The first-order chi connectivity index (χ1) is 8.52. The van der Waals surface area contributed by atoms with Crippen LogP contribution in [0.15, 0.2) is 22.7 Å². The Kier molecular flexibility index (Phi) is 3.10. The molecule has 6 heteroatoms. The van der Waals surface area contributed by atoms with E-state index in [0.717, 1.165) is 12.1 Å². The number of aromatic carboxylic acids is 1. The number of carboxylic acid groups (broad SMARTS) is 1. The van der Waals surface area contributed by atoms with Gasteiger partial charge >= 0.3 is 5.97 Å². The number of hydrogen-bond donors (Lipinski definition) is 1. The van der Waals surface area contributed by atoms with Crippen LogP contribution >= 0.6 is 0 Å². The lowest BCUT2D eigenvalue weighted by Crippen LogP contribution is -1.94. The number of carboxylic acids is 1. The molecule has 0 spiro atoms. The van der Waals surface area contributed by atoms with Crippen LogP contribution < -0.4 is 0 Å². The van der Waals surface area contributed by atoms with Gasteiger partial charge in [-0.3, -0.25) is 0 Å². The molecule has 0 bridgehead atoms. The number of aryl methyl sites for hydroxylation is 1. The Hall–Kier alpha value is -2.24. The molecule has 2 rings (SSSR count). The number of aromatic nitrogens is 1. The van der Waals surface area contributed by atoms with Gasteiger partial charge in [0.1, 0.15) is 5.69 Å². The average molecular weight is 253 g/mol. The van der Waals surface area contributed by atoms with E-state index in [1.54, 1.807) is 6.92 Å². The number of hydrogen-bond acceptors (Lipinski definition) is 3. The lowest BCUT2D eigenvalue weighted by Gasteiger charge is -2.03. The van der Waals surface area contributed by atoms with Gasteiger partial charge in [-0.2, -0.15) is 0 Å². The van der Waals surface area contributed by atoms with Crippen LogP contribution in [-0.4, -0.2) is 16.2 Å². The van der Waals surface area contributed by atoms with Crippen molar-refractivity contribution in [1.29, 1.82) is 0 Å². The topological polar surface area (TPSA) is 63.3 Å². The van der Waals surface area contributed by atoms with E-state index in [1.807, 2.05) is 0 Å². The van der Waals surface area contributed by atoms with Gasteiger partial charge in [-0.05, 0) is 24.1 Å². The fourth-order valence-electron chi connectivity index (χ4n) is 1.54. The van der Waals surface area contributed by atoms with Crippen LogP contribution in [0.5, 0.6) is 0 Å². The number of benzene rings is 1. The fourth-order valence-corrected chi connectivity index (χ4v) is 1.54. The lowest BCUT2D eigenvalue weighted by molar-refractivity contribution is 0.0652. The van der Waals surface area contributed by atoms with Gasteiger partial charge in [-0.15, -0.1) is 0 Å². The molecule has 0 radical (unpaired) electrons. The number of nitrogens with zero attached hydrogens (tertiary/aromatic N) is 1. The molecular formula is C12H9F2NO3. The third-order valence-corrected chi connectivity index (χ3v) is 2.49.